The molecule has 0 atom stereocenters. The monoisotopic (exact) mass is 334 g/mol. The molecule has 6 heteroatoms. The van der Waals surface area contributed by atoms with E-state index in [-0.39, 0.29) is 0 Å². The molecule has 0 amide bonds. The van der Waals surface area contributed by atoms with Gasteiger partial charge in [0.2, 0.25) is 0 Å². The molecule has 4 heterocycles. The lowest BCUT2D eigenvalue weighted by atomic mass is 9.95. The molecule has 0 unspecified atom stereocenters. The van der Waals surface area contributed by atoms with E-state index in [1.807, 2.05) is 37.5 Å². The highest BCUT2D eigenvalue weighted by molar-refractivity contribution is 5.49. The third-order valence-electron chi connectivity index (χ3n) is 4.68. The number of likely N-dealkylation sites (tertiary alicyclic amines) is 1. The molecule has 25 heavy (non-hydrogen) atoms. The highest BCUT2D eigenvalue weighted by Crippen LogP contribution is 2.27. The zero-order chi connectivity index (χ0) is 17.1. The van der Waals surface area contributed by atoms with E-state index in [2.05, 4.69) is 25.9 Å². The fraction of sp³-hybridized carbons (Fsp3) is 0.368. The van der Waals surface area contributed by atoms with Crippen LogP contribution in [0.2, 0.25) is 0 Å². The van der Waals surface area contributed by atoms with E-state index in [0.717, 1.165) is 61.2 Å². The standard InChI is InChI=1S/C19H22N6/c1-14-12-17(19-21-8-9-22-19)24-18(23-14)15-5-10-25(11-6-15)13-16-4-2-3-7-20-16/h2-4,7-9,12,15H,5-6,10-11,13H2,1H3,(H,21,22). The predicted octanol–water partition coefficient (Wildman–Crippen LogP) is 2.95. The molecular weight excluding hydrogens is 312 g/mol. The molecule has 0 aliphatic carbocycles. The zero-order valence-corrected chi connectivity index (χ0v) is 14.4. The van der Waals surface area contributed by atoms with Crippen molar-refractivity contribution in [1.29, 1.82) is 0 Å². The van der Waals surface area contributed by atoms with Gasteiger partial charge in [-0.3, -0.25) is 9.88 Å². The number of nitrogens with one attached hydrogen (secondary N) is 1. The molecule has 128 valence electrons. The van der Waals surface area contributed by atoms with Crippen LogP contribution in [-0.2, 0) is 6.54 Å². The lowest BCUT2D eigenvalue weighted by Crippen LogP contribution is -2.33. The summed E-state index contributed by atoms with van der Waals surface area (Å²) in [5, 5.41) is 0. The van der Waals surface area contributed by atoms with Gasteiger partial charge in [0.05, 0.1) is 5.69 Å². The summed E-state index contributed by atoms with van der Waals surface area (Å²) in [6, 6.07) is 8.08. The van der Waals surface area contributed by atoms with E-state index in [0.29, 0.717) is 5.92 Å². The Balaban J connectivity index is 1.44. The summed E-state index contributed by atoms with van der Waals surface area (Å²) < 4.78 is 0. The van der Waals surface area contributed by atoms with Crippen LogP contribution < -0.4 is 0 Å². The Morgan fingerprint density at radius 3 is 2.72 bits per heavy atom. The second-order valence-corrected chi connectivity index (χ2v) is 6.56. The van der Waals surface area contributed by atoms with Crippen LogP contribution in [0.15, 0.2) is 42.9 Å². The summed E-state index contributed by atoms with van der Waals surface area (Å²) in [5.41, 5.74) is 3.00. The van der Waals surface area contributed by atoms with Crippen LogP contribution in [-0.4, -0.2) is 42.9 Å². The summed E-state index contributed by atoms with van der Waals surface area (Å²) in [7, 11) is 0. The van der Waals surface area contributed by atoms with Gasteiger partial charge < -0.3 is 4.98 Å². The highest BCUT2D eigenvalue weighted by Gasteiger charge is 2.23. The van der Waals surface area contributed by atoms with E-state index in [1.54, 1.807) is 6.20 Å². The summed E-state index contributed by atoms with van der Waals surface area (Å²) >= 11 is 0. The van der Waals surface area contributed by atoms with Crippen molar-refractivity contribution in [3.05, 3.63) is 60.1 Å². The lowest BCUT2D eigenvalue weighted by molar-refractivity contribution is 0.199. The van der Waals surface area contributed by atoms with Crippen LogP contribution in [0, 0.1) is 6.92 Å². The number of aromatic amines is 1. The van der Waals surface area contributed by atoms with Crippen molar-refractivity contribution in [2.24, 2.45) is 0 Å². The fourth-order valence-electron chi connectivity index (χ4n) is 3.37. The third kappa shape index (κ3) is 3.74. The number of pyridine rings is 1. The number of rotatable bonds is 4. The van der Waals surface area contributed by atoms with E-state index in [9.17, 15) is 0 Å². The number of nitrogens with zero attached hydrogens (tertiary/aromatic N) is 5. The molecule has 1 aliphatic rings. The third-order valence-corrected chi connectivity index (χ3v) is 4.68. The number of piperidine rings is 1. The Bertz CT molecular complexity index is 807. The second-order valence-electron chi connectivity index (χ2n) is 6.56. The molecule has 4 rings (SSSR count). The van der Waals surface area contributed by atoms with Gasteiger partial charge in [-0.25, -0.2) is 15.0 Å². The van der Waals surface area contributed by atoms with Gasteiger partial charge in [-0.15, -0.1) is 0 Å². The normalized spacial score (nSPS) is 16.2. The number of hydrogen-bond acceptors (Lipinski definition) is 5. The molecular formula is C19H22N6. The molecule has 3 aromatic heterocycles. The van der Waals surface area contributed by atoms with Gasteiger partial charge in [-0.1, -0.05) is 6.07 Å². The molecule has 1 N–H and O–H groups in total. The van der Waals surface area contributed by atoms with Gasteiger partial charge in [0.15, 0.2) is 5.82 Å². The predicted molar refractivity (Wildman–Crippen MR) is 95.8 cm³/mol. The molecule has 0 saturated carbocycles. The van der Waals surface area contributed by atoms with Crippen LogP contribution in [0.25, 0.3) is 11.5 Å². The number of hydrogen-bond donors (Lipinski definition) is 1. The van der Waals surface area contributed by atoms with Crippen molar-refractivity contribution in [3.63, 3.8) is 0 Å². The number of imidazole rings is 1. The molecule has 0 aromatic carbocycles. The first-order valence-corrected chi connectivity index (χ1v) is 8.75. The zero-order valence-electron chi connectivity index (χ0n) is 14.4. The minimum absolute atomic E-state index is 0.411. The highest BCUT2D eigenvalue weighted by atomic mass is 15.1. The van der Waals surface area contributed by atoms with Gasteiger partial charge in [-0.2, -0.15) is 0 Å². The molecule has 1 aliphatic heterocycles. The van der Waals surface area contributed by atoms with Crippen molar-refractivity contribution in [3.8, 4) is 11.5 Å². The maximum Gasteiger partial charge on any atom is 0.156 e. The molecule has 0 spiro atoms. The Kier molecular flexibility index (Phi) is 4.52. The SMILES string of the molecule is Cc1cc(-c2ncc[nH]2)nc(C2CCN(Cc3ccccn3)CC2)n1. The van der Waals surface area contributed by atoms with E-state index < -0.39 is 0 Å². The van der Waals surface area contributed by atoms with Gasteiger partial charge in [0, 0.05) is 36.7 Å². The average molecular weight is 334 g/mol. The van der Waals surface area contributed by atoms with Gasteiger partial charge in [0.1, 0.15) is 11.5 Å². The average Bonchev–Trinajstić information content (AvgIpc) is 3.17. The maximum absolute atomic E-state index is 4.77. The van der Waals surface area contributed by atoms with Gasteiger partial charge in [0.25, 0.3) is 0 Å². The summed E-state index contributed by atoms with van der Waals surface area (Å²) in [6.07, 6.45) is 7.59. The largest absolute Gasteiger partial charge is 0.343 e. The molecule has 1 saturated heterocycles. The Hall–Kier alpha value is -2.60. The molecule has 3 aromatic rings. The van der Waals surface area contributed by atoms with Crippen molar-refractivity contribution < 1.29 is 0 Å². The molecule has 6 nitrogen and oxygen atoms in total. The maximum atomic E-state index is 4.77. The molecule has 0 bridgehead atoms. The number of H-pyrrole nitrogens is 1. The molecule has 0 radical (unpaired) electrons. The first-order valence-electron chi connectivity index (χ1n) is 8.75. The van der Waals surface area contributed by atoms with Crippen molar-refractivity contribution >= 4 is 0 Å². The smallest absolute Gasteiger partial charge is 0.156 e. The van der Waals surface area contributed by atoms with Crippen LogP contribution in [0.1, 0.15) is 36.0 Å². The van der Waals surface area contributed by atoms with Gasteiger partial charge >= 0.3 is 0 Å². The quantitative estimate of drug-likeness (QED) is 0.794. The van der Waals surface area contributed by atoms with Crippen LogP contribution >= 0.6 is 0 Å². The van der Waals surface area contributed by atoms with Crippen LogP contribution in [0.3, 0.4) is 0 Å². The first kappa shape index (κ1) is 15.9. The van der Waals surface area contributed by atoms with Crippen molar-refractivity contribution in [1.82, 2.24) is 29.8 Å². The van der Waals surface area contributed by atoms with E-state index in [1.165, 1.54) is 0 Å². The Morgan fingerprint density at radius 1 is 1.12 bits per heavy atom. The summed E-state index contributed by atoms with van der Waals surface area (Å²) in [6.45, 7) is 5.04. The second kappa shape index (κ2) is 7.11. The Morgan fingerprint density at radius 2 is 2.00 bits per heavy atom. The van der Waals surface area contributed by atoms with E-state index in [4.69, 9.17) is 9.97 Å². The number of aryl methyl sites for hydroxylation is 1. The fourth-order valence-corrected chi connectivity index (χ4v) is 3.37. The Labute approximate surface area is 147 Å². The number of aromatic nitrogens is 5. The topological polar surface area (TPSA) is 70.6 Å². The van der Waals surface area contributed by atoms with Crippen molar-refractivity contribution in [2.75, 3.05) is 13.1 Å². The molecule has 1 fully saturated rings. The van der Waals surface area contributed by atoms with E-state index >= 15 is 0 Å². The minimum Gasteiger partial charge on any atom is -0.343 e. The van der Waals surface area contributed by atoms with Crippen LogP contribution in [0.4, 0.5) is 0 Å². The summed E-state index contributed by atoms with van der Waals surface area (Å²) in [5.74, 6) is 2.16. The lowest BCUT2D eigenvalue weighted by Gasteiger charge is -2.31. The van der Waals surface area contributed by atoms with Crippen molar-refractivity contribution in [2.45, 2.75) is 32.2 Å². The summed E-state index contributed by atoms with van der Waals surface area (Å²) in [4.78, 5) is 23.8. The van der Waals surface area contributed by atoms with Crippen LogP contribution in [0.5, 0.6) is 0 Å². The van der Waals surface area contributed by atoms with Gasteiger partial charge in [-0.05, 0) is 51.1 Å². The first-order chi connectivity index (χ1) is 12.3. The minimum atomic E-state index is 0.411.